The van der Waals surface area contributed by atoms with Crippen LogP contribution in [0.25, 0.3) is 0 Å². The number of hydrogen-bond donors (Lipinski definition) is 0. The minimum atomic E-state index is -0.825. The lowest BCUT2D eigenvalue weighted by Gasteiger charge is -2.24. The number of thiol groups is 1. The van der Waals surface area contributed by atoms with Crippen LogP contribution < -0.4 is 4.74 Å². The average molecular weight is 363 g/mol. The summed E-state index contributed by atoms with van der Waals surface area (Å²) in [5.41, 5.74) is 1.26. The van der Waals surface area contributed by atoms with Crippen molar-refractivity contribution in [3.05, 3.63) is 77.9 Å². The molecule has 4 heteroatoms. The average Bonchev–Trinajstić information content (AvgIpc) is 2.68. The lowest BCUT2D eigenvalue weighted by Crippen LogP contribution is -2.32. The standard InChI is InChI=1S/C22H18O3S/c1-14(23)15-7-12-21-19(13-15)22(24)18-5-3-4-6-20(18)26(21)17-10-8-16(25-2)9-11-17/h3-13,18H,1-2H3/p+1. The zero-order valence-electron chi connectivity index (χ0n) is 14.6. The lowest BCUT2D eigenvalue weighted by molar-refractivity contribution is 0.0969. The third-order valence-electron chi connectivity index (χ3n) is 4.78. The van der Waals surface area contributed by atoms with Crippen LogP contribution in [-0.2, 0) is 10.5 Å². The van der Waals surface area contributed by atoms with E-state index in [0.717, 1.165) is 15.5 Å². The van der Waals surface area contributed by atoms with Crippen LogP contribution in [0.3, 0.4) is 0 Å². The normalized spacial score (nSPS) is 20.5. The van der Waals surface area contributed by atoms with Crippen LogP contribution in [0.1, 0.15) is 27.6 Å². The number of carbonyl (C=O) groups excluding carboxylic acids is 2. The molecule has 1 aliphatic heterocycles. The summed E-state index contributed by atoms with van der Waals surface area (Å²) in [5.74, 6) is 0.613. The fourth-order valence-corrected chi connectivity index (χ4v) is 6.10. The Hall–Kier alpha value is -2.72. The molecule has 26 heavy (non-hydrogen) atoms. The van der Waals surface area contributed by atoms with E-state index in [4.69, 9.17) is 4.74 Å². The molecular weight excluding hydrogens is 344 g/mol. The van der Waals surface area contributed by atoms with Gasteiger partial charge in [-0.05, 0) is 55.5 Å². The summed E-state index contributed by atoms with van der Waals surface area (Å²) in [7, 11) is 0.826. The first-order chi connectivity index (χ1) is 12.6. The van der Waals surface area contributed by atoms with Gasteiger partial charge in [-0.2, -0.15) is 0 Å². The van der Waals surface area contributed by atoms with Crippen molar-refractivity contribution in [3.8, 4) is 5.75 Å². The van der Waals surface area contributed by atoms with Crippen LogP contribution in [0.2, 0.25) is 0 Å². The quantitative estimate of drug-likeness (QED) is 0.361. The highest BCUT2D eigenvalue weighted by molar-refractivity contribution is 7.97. The van der Waals surface area contributed by atoms with Gasteiger partial charge in [0.15, 0.2) is 11.6 Å². The summed E-state index contributed by atoms with van der Waals surface area (Å²) in [5, 5.41) is 0. The van der Waals surface area contributed by atoms with E-state index in [1.54, 1.807) is 13.2 Å². The van der Waals surface area contributed by atoms with Crippen molar-refractivity contribution >= 4 is 26.9 Å². The largest absolute Gasteiger partial charge is 0.497 e. The molecule has 0 saturated carbocycles. The number of fused-ring (bicyclic) bond motifs is 2. The lowest BCUT2D eigenvalue weighted by atomic mass is 9.90. The zero-order chi connectivity index (χ0) is 18.3. The van der Waals surface area contributed by atoms with Crippen LogP contribution in [0.15, 0.2) is 76.6 Å². The zero-order valence-corrected chi connectivity index (χ0v) is 15.5. The number of rotatable bonds is 3. The van der Waals surface area contributed by atoms with Crippen LogP contribution in [-0.4, -0.2) is 23.5 Å². The summed E-state index contributed by atoms with van der Waals surface area (Å²) in [4.78, 5) is 28.2. The Morgan fingerprint density at radius 2 is 1.85 bits per heavy atom. The summed E-state index contributed by atoms with van der Waals surface area (Å²) in [6, 6.07) is 13.6. The molecule has 0 bridgehead atoms. The summed E-state index contributed by atoms with van der Waals surface area (Å²) < 4.78 is 5.28. The molecular formula is C22H19O3S+. The minimum absolute atomic E-state index is 0.0248. The van der Waals surface area contributed by atoms with Gasteiger partial charge in [0, 0.05) is 5.56 Å². The molecule has 3 nitrogen and oxygen atoms in total. The molecule has 0 amide bonds. The first-order valence-corrected chi connectivity index (χ1v) is 9.79. The molecule has 0 aromatic heterocycles. The molecule has 1 aliphatic carbocycles. The Morgan fingerprint density at radius 1 is 1.08 bits per heavy atom. The Bertz CT molecular complexity index is 1010. The van der Waals surface area contributed by atoms with Crippen molar-refractivity contribution < 1.29 is 14.3 Å². The number of ether oxygens (including phenoxy) is 1. The van der Waals surface area contributed by atoms with Gasteiger partial charge in [0.1, 0.15) is 26.3 Å². The maximum absolute atomic E-state index is 13.1. The van der Waals surface area contributed by atoms with Crippen molar-refractivity contribution in [1.29, 1.82) is 0 Å². The monoisotopic (exact) mass is 363 g/mol. The molecule has 2 aromatic carbocycles. The summed E-state index contributed by atoms with van der Waals surface area (Å²) in [6.07, 6.45) is 7.94. The van der Waals surface area contributed by atoms with E-state index in [1.165, 1.54) is 11.8 Å². The van der Waals surface area contributed by atoms with Gasteiger partial charge in [-0.25, -0.2) is 0 Å². The number of methoxy groups -OCH3 is 1. The van der Waals surface area contributed by atoms with Gasteiger partial charge < -0.3 is 4.74 Å². The second kappa shape index (κ2) is 6.54. The van der Waals surface area contributed by atoms with Gasteiger partial charge >= 0.3 is 0 Å². The van der Waals surface area contributed by atoms with Crippen LogP contribution in [0.5, 0.6) is 5.75 Å². The Morgan fingerprint density at radius 3 is 2.54 bits per heavy atom. The second-order valence-corrected chi connectivity index (χ2v) is 8.52. The molecule has 0 N–H and O–H groups in total. The van der Waals surface area contributed by atoms with Gasteiger partial charge in [0.05, 0.1) is 12.7 Å². The van der Waals surface area contributed by atoms with Crippen LogP contribution in [0.4, 0.5) is 0 Å². The van der Waals surface area contributed by atoms with E-state index in [-0.39, 0.29) is 17.5 Å². The van der Waals surface area contributed by atoms with Gasteiger partial charge in [0.2, 0.25) is 0 Å². The number of hydrogen-bond acceptors (Lipinski definition) is 3. The van der Waals surface area contributed by atoms with E-state index in [1.807, 2.05) is 42.5 Å². The van der Waals surface area contributed by atoms with Crippen LogP contribution in [0, 0.1) is 5.92 Å². The van der Waals surface area contributed by atoms with Crippen molar-refractivity contribution in [2.24, 2.45) is 5.92 Å². The number of ketones is 2. The molecule has 2 unspecified atom stereocenters. The Kier molecular flexibility index (Phi) is 4.21. The highest BCUT2D eigenvalue weighted by Gasteiger charge is 2.38. The predicted molar refractivity (Wildman–Crippen MR) is 106 cm³/mol. The molecule has 2 atom stereocenters. The maximum Gasteiger partial charge on any atom is 0.183 e. The molecule has 0 spiro atoms. The maximum atomic E-state index is 13.1. The first kappa shape index (κ1) is 16.7. The van der Waals surface area contributed by atoms with Crippen molar-refractivity contribution in [2.45, 2.75) is 16.7 Å². The van der Waals surface area contributed by atoms with Gasteiger partial charge in [-0.1, -0.05) is 28.7 Å². The van der Waals surface area contributed by atoms with E-state index in [9.17, 15) is 9.59 Å². The Balaban J connectivity index is 1.97. The van der Waals surface area contributed by atoms with Crippen LogP contribution >= 0.6 is 0 Å². The summed E-state index contributed by atoms with van der Waals surface area (Å²) in [6.45, 7) is 1.53. The summed E-state index contributed by atoms with van der Waals surface area (Å²) >= 11 is 0. The Labute approximate surface area is 154 Å². The second-order valence-electron chi connectivity index (χ2n) is 6.33. The smallest absolute Gasteiger partial charge is 0.183 e. The highest BCUT2D eigenvalue weighted by Crippen LogP contribution is 2.34. The van der Waals surface area contributed by atoms with Crippen molar-refractivity contribution in [1.82, 2.24) is 0 Å². The highest BCUT2D eigenvalue weighted by atomic mass is 32.2. The van der Waals surface area contributed by atoms with E-state index in [2.05, 4.69) is 18.2 Å². The first-order valence-electron chi connectivity index (χ1n) is 8.45. The molecule has 2 aliphatic rings. The van der Waals surface area contributed by atoms with Gasteiger partial charge in [-0.15, -0.1) is 0 Å². The van der Waals surface area contributed by atoms with Gasteiger partial charge in [-0.3, -0.25) is 9.59 Å². The van der Waals surface area contributed by atoms with E-state index in [0.29, 0.717) is 11.1 Å². The predicted octanol–water partition coefficient (Wildman–Crippen LogP) is 3.78. The fraction of sp³-hybridized carbons (Fsp3) is 0.136. The number of allylic oxidation sites excluding steroid dienone is 4. The number of benzene rings is 2. The number of carbonyl (C=O) groups is 2. The third-order valence-corrected chi connectivity index (χ3v) is 7.41. The molecule has 1 heterocycles. The van der Waals surface area contributed by atoms with E-state index >= 15 is 0 Å². The topological polar surface area (TPSA) is 43.4 Å². The fourth-order valence-electron chi connectivity index (χ4n) is 3.44. The molecule has 2 aromatic rings. The third kappa shape index (κ3) is 2.67. The molecule has 130 valence electrons. The van der Waals surface area contributed by atoms with Crippen molar-refractivity contribution in [2.75, 3.05) is 7.11 Å². The molecule has 0 fully saturated rings. The van der Waals surface area contributed by atoms with Crippen molar-refractivity contribution in [3.63, 3.8) is 0 Å². The molecule has 0 saturated heterocycles. The van der Waals surface area contributed by atoms with Gasteiger partial charge in [0.25, 0.3) is 0 Å². The molecule has 0 radical (unpaired) electrons. The molecule has 4 rings (SSSR count). The minimum Gasteiger partial charge on any atom is -0.497 e. The SMILES string of the molecule is COc1ccc([SH+]2=C3C=CC=CC3C(=O)c3cc(C(C)=O)ccc32)cc1. The number of Topliss-reactive ketones (excluding diaryl/α,β-unsaturated/α-hetero) is 2. The van der Waals surface area contributed by atoms with E-state index < -0.39 is 10.5 Å².